The summed E-state index contributed by atoms with van der Waals surface area (Å²) in [6.45, 7) is 2.33. The van der Waals surface area contributed by atoms with Crippen LogP contribution in [0.4, 0.5) is 4.39 Å². The Morgan fingerprint density at radius 3 is 2.55 bits per heavy atom. The van der Waals surface area contributed by atoms with Crippen molar-refractivity contribution in [3.05, 3.63) is 96.1 Å². The van der Waals surface area contributed by atoms with E-state index in [9.17, 15) is 9.18 Å². The van der Waals surface area contributed by atoms with E-state index in [1.54, 1.807) is 12.4 Å². The zero-order valence-electron chi connectivity index (χ0n) is 17.3. The van der Waals surface area contributed by atoms with Crippen molar-refractivity contribution in [2.24, 2.45) is 5.92 Å². The van der Waals surface area contributed by atoms with Crippen molar-refractivity contribution in [2.75, 3.05) is 19.7 Å². The zero-order chi connectivity index (χ0) is 21.5. The lowest BCUT2D eigenvalue weighted by Crippen LogP contribution is -2.33. The Kier molecular flexibility index (Phi) is 6.89. The third-order valence-corrected chi connectivity index (χ3v) is 5.64. The minimum Gasteiger partial charge on any atom is -0.492 e. The number of benzene rings is 2. The van der Waals surface area contributed by atoms with Crippen LogP contribution in [-0.4, -0.2) is 35.5 Å². The number of para-hydroxylation sites is 1. The molecule has 31 heavy (non-hydrogen) atoms. The zero-order valence-corrected chi connectivity index (χ0v) is 17.3. The Morgan fingerprint density at radius 2 is 1.81 bits per heavy atom. The second kappa shape index (κ2) is 10.2. The fourth-order valence-electron chi connectivity index (χ4n) is 4.00. The lowest BCUT2D eigenvalue weighted by molar-refractivity contribution is -0.124. The average Bonchev–Trinajstić information content (AvgIpc) is 3.24. The molecule has 2 heterocycles. The molecule has 1 aliphatic rings. The van der Waals surface area contributed by atoms with Crippen LogP contribution in [0.2, 0.25) is 0 Å². The van der Waals surface area contributed by atoms with Crippen LogP contribution >= 0.6 is 0 Å². The van der Waals surface area contributed by atoms with Crippen LogP contribution in [-0.2, 0) is 11.3 Å². The smallest absolute Gasteiger partial charge is 0.224 e. The molecule has 1 N–H and O–H groups in total. The molecular weight excluding hydrogens is 393 g/mol. The van der Waals surface area contributed by atoms with Crippen LogP contribution in [0.5, 0.6) is 5.75 Å². The number of ether oxygens (including phenoxy) is 1. The maximum atomic E-state index is 13.4. The van der Waals surface area contributed by atoms with Gasteiger partial charge in [-0.25, -0.2) is 4.39 Å². The second-order valence-corrected chi connectivity index (χ2v) is 7.73. The third-order valence-electron chi connectivity index (χ3n) is 5.64. The van der Waals surface area contributed by atoms with Gasteiger partial charge >= 0.3 is 0 Å². The monoisotopic (exact) mass is 419 g/mol. The van der Waals surface area contributed by atoms with Crippen molar-refractivity contribution < 1.29 is 13.9 Å². The Balaban J connectivity index is 1.39. The first-order chi connectivity index (χ1) is 15.2. The molecule has 0 bridgehead atoms. The van der Waals surface area contributed by atoms with Gasteiger partial charge in [0.25, 0.3) is 0 Å². The number of carbonyl (C=O) groups excluding carboxylic acids is 1. The quantitative estimate of drug-likeness (QED) is 0.600. The summed E-state index contributed by atoms with van der Waals surface area (Å²) in [6.07, 6.45) is 4.13. The molecule has 160 valence electrons. The predicted molar refractivity (Wildman–Crippen MR) is 117 cm³/mol. The highest BCUT2D eigenvalue weighted by atomic mass is 19.1. The molecule has 0 spiro atoms. The van der Waals surface area contributed by atoms with Gasteiger partial charge in [-0.15, -0.1) is 0 Å². The molecule has 2 aromatic carbocycles. The first-order valence-corrected chi connectivity index (χ1v) is 10.5. The van der Waals surface area contributed by atoms with E-state index >= 15 is 0 Å². The highest BCUT2D eigenvalue weighted by Crippen LogP contribution is 2.35. The summed E-state index contributed by atoms with van der Waals surface area (Å²) < 4.78 is 19.3. The Morgan fingerprint density at radius 1 is 1.06 bits per heavy atom. The summed E-state index contributed by atoms with van der Waals surface area (Å²) in [6, 6.07) is 20.1. The summed E-state index contributed by atoms with van der Waals surface area (Å²) in [5.74, 6) is 0.475. The van der Waals surface area contributed by atoms with E-state index in [-0.39, 0.29) is 23.7 Å². The Bertz CT molecular complexity index is 967. The van der Waals surface area contributed by atoms with Crippen molar-refractivity contribution in [3.8, 4) is 5.75 Å². The van der Waals surface area contributed by atoms with E-state index in [4.69, 9.17) is 4.74 Å². The van der Waals surface area contributed by atoms with Crippen LogP contribution in [0.3, 0.4) is 0 Å². The van der Waals surface area contributed by atoms with Gasteiger partial charge in [-0.05, 0) is 53.9 Å². The summed E-state index contributed by atoms with van der Waals surface area (Å²) in [7, 11) is 0. The number of amides is 1. The van der Waals surface area contributed by atoms with Gasteiger partial charge in [0, 0.05) is 38.1 Å². The van der Waals surface area contributed by atoms with Crippen molar-refractivity contribution in [2.45, 2.75) is 19.0 Å². The number of halogens is 1. The van der Waals surface area contributed by atoms with Gasteiger partial charge in [0.05, 0.1) is 5.92 Å². The summed E-state index contributed by atoms with van der Waals surface area (Å²) in [4.78, 5) is 19.1. The lowest BCUT2D eigenvalue weighted by atomic mass is 9.99. The lowest BCUT2D eigenvalue weighted by Gasteiger charge is -2.24. The second-order valence-electron chi connectivity index (χ2n) is 7.73. The van der Waals surface area contributed by atoms with Gasteiger partial charge in [-0.1, -0.05) is 30.3 Å². The molecule has 1 amide bonds. The molecule has 0 aliphatic carbocycles. The normalized spacial score (nSPS) is 18.6. The minimum atomic E-state index is -0.257. The van der Waals surface area contributed by atoms with Crippen LogP contribution < -0.4 is 10.1 Å². The Labute approximate surface area is 181 Å². The van der Waals surface area contributed by atoms with Crippen LogP contribution in [0.25, 0.3) is 0 Å². The van der Waals surface area contributed by atoms with Gasteiger partial charge in [0.2, 0.25) is 5.91 Å². The summed E-state index contributed by atoms with van der Waals surface area (Å²) in [5, 5.41) is 3.04. The largest absolute Gasteiger partial charge is 0.492 e. The number of pyridine rings is 1. The number of likely N-dealkylation sites (tertiary alicyclic amines) is 1. The molecule has 6 heteroatoms. The molecule has 2 atom stereocenters. The van der Waals surface area contributed by atoms with Crippen molar-refractivity contribution >= 4 is 5.91 Å². The first-order valence-electron chi connectivity index (χ1n) is 10.5. The molecule has 1 aliphatic heterocycles. The van der Waals surface area contributed by atoms with Gasteiger partial charge in [-0.3, -0.25) is 14.7 Å². The molecule has 5 nitrogen and oxygen atoms in total. The van der Waals surface area contributed by atoms with E-state index in [1.807, 2.05) is 54.6 Å². The Hall–Kier alpha value is -3.25. The fraction of sp³-hybridized carbons (Fsp3) is 0.280. The molecule has 4 rings (SSSR count). The molecule has 1 aromatic heterocycles. The highest BCUT2D eigenvalue weighted by molar-refractivity contribution is 5.79. The molecule has 1 saturated heterocycles. The van der Waals surface area contributed by atoms with Crippen molar-refractivity contribution in [1.82, 2.24) is 15.2 Å². The number of aromatic nitrogens is 1. The number of hydrogen-bond acceptors (Lipinski definition) is 4. The standard InChI is InChI=1S/C25H26FN3O2/c26-22-8-6-20(7-9-22)24-16-21(25(30)28-17-19-10-12-27-13-11-19)18-29(24)14-15-31-23-4-2-1-3-5-23/h1-13,21,24H,14-18H2,(H,28,30)/t21-,24+/m1/s1. The van der Waals surface area contributed by atoms with Gasteiger partial charge in [-0.2, -0.15) is 0 Å². The summed E-state index contributed by atoms with van der Waals surface area (Å²) >= 11 is 0. The van der Waals surface area contributed by atoms with E-state index in [1.165, 1.54) is 12.1 Å². The van der Waals surface area contributed by atoms with Crippen molar-refractivity contribution in [3.63, 3.8) is 0 Å². The number of nitrogens with one attached hydrogen (secondary N) is 1. The number of rotatable bonds is 8. The van der Waals surface area contributed by atoms with E-state index in [0.717, 1.165) is 16.9 Å². The average molecular weight is 420 g/mol. The van der Waals surface area contributed by atoms with Gasteiger partial charge in [0.1, 0.15) is 18.2 Å². The first kappa shape index (κ1) is 21.0. The highest BCUT2D eigenvalue weighted by Gasteiger charge is 2.36. The van der Waals surface area contributed by atoms with Crippen LogP contribution in [0.15, 0.2) is 79.1 Å². The van der Waals surface area contributed by atoms with Crippen LogP contribution in [0, 0.1) is 11.7 Å². The number of carbonyl (C=O) groups is 1. The van der Waals surface area contributed by atoms with Crippen LogP contribution in [0.1, 0.15) is 23.6 Å². The van der Waals surface area contributed by atoms with Crippen molar-refractivity contribution in [1.29, 1.82) is 0 Å². The SMILES string of the molecule is O=C(NCc1ccncc1)[C@@H]1C[C@@H](c2ccc(F)cc2)N(CCOc2ccccc2)C1. The molecule has 0 radical (unpaired) electrons. The minimum absolute atomic E-state index is 0.0374. The molecular formula is C25H26FN3O2. The molecule has 0 saturated carbocycles. The third kappa shape index (κ3) is 5.67. The number of hydrogen-bond donors (Lipinski definition) is 1. The van der Waals surface area contributed by atoms with E-state index < -0.39 is 0 Å². The van der Waals surface area contributed by atoms with Gasteiger partial charge in [0.15, 0.2) is 0 Å². The molecule has 3 aromatic rings. The van der Waals surface area contributed by atoms with E-state index in [0.29, 0.717) is 32.7 Å². The maximum Gasteiger partial charge on any atom is 0.224 e. The maximum absolute atomic E-state index is 13.4. The van der Waals surface area contributed by atoms with E-state index in [2.05, 4.69) is 15.2 Å². The molecule has 1 fully saturated rings. The summed E-state index contributed by atoms with van der Waals surface area (Å²) in [5.41, 5.74) is 2.04. The molecule has 0 unspecified atom stereocenters. The topological polar surface area (TPSA) is 54.5 Å². The number of nitrogens with zero attached hydrogens (tertiary/aromatic N) is 2. The van der Waals surface area contributed by atoms with Gasteiger partial charge < -0.3 is 10.1 Å². The fourth-order valence-corrected chi connectivity index (χ4v) is 4.00. The predicted octanol–water partition coefficient (Wildman–Crippen LogP) is 3.98.